The summed E-state index contributed by atoms with van der Waals surface area (Å²) in [7, 11) is 0. The van der Waals surface area contributed by atoms with Gasteiger partial charge in [0, 0.05) is 44.6 Å². The molecule has 0 N–H and O–H groups in total. The first-order valence-corrected chi connectivity index (χ1v) is 16.1. The van der Waals surface area contributed by atoms with E-state index in [-0.39, 0.29) is 33.4 Å². The summed E-state index contributed by atoms with van der Waals surface area (Å²) in [6, 6.07) is 39.4. The van der Waals surface area contributed by atoms with Crippen molar-refractivity contribution in [2.45, 2.75) is 17.4 Å². The fourth-order valence-electron chi connectivity index (χ4n) is 7.75. The van der Waals surface area contributed by atoms with Gasteiger partial charge in [0.15, 0.2) is 17.3 Å². The van der Waals surface area contributed by atoms with Crippen molar-refractivity contribution in [1.29, 1.82) is 0 Å². The molecule has 1 saturated carbocycles. The van der Waals surface area contributed by atoms with Crippen molar-refractivity contribution < 1.29 is 23.9 Å². The fraction of sp³-hybridized carbons (Fsp3) is 0.150. The molecule has 3 aliphatic rings. The number of ketones is 3. The first-order chi connectivity index (χ1) is 22.8. The molecule has 232 valence electrons. The number of hydrogen-bond donors (Lipinski definition) is 0. The molecule has 0 aromatic heterocycles. The summed E-state index contributed by atoms with van der Waals surface area (Å²) in [6.45, 7) is 0. The van der Waals surface area contributed by atoms with Crippen molar-refractivity contribution in [3.63, 3.8) is 0 Å². The number of hydrogen-bond acceptors (Lipinski definition) is 5. The third kappa shape index (κ3) is 4.76. The molecule has 0 radical (unpaired) electrons. The molecule has 1 unspecified atom stereocenters. The van der Waals surface area contributed by atoms with Gasteiger partial charge in [-0.05, 0) is 17.7 Å². The molecule has 2 aliphatic heterocycles. The van der Waals surface area contributed by atoms with Crippen molar-refractivity contribution in [3.8, 4) is 0 Å². The lowest BCUT2D eigenvalue weighted by Gasteiger charge is -2.62. The Hall–Kier alpha value is -4.84. The van der Waals surface area contributed by atoms with E-state index < -0.39 is 46.3 Å². The molecule has 5 atom stereocenters. The predicted molar refractivity (Wildman–Crippen MR) is 180 cm³/mol. The Balaban J connectivity index is 1.62. The lowest BCUT2D eigenvalue weighted by atomic mass is 9.43. The molecule has 5 nitrogen and oxygen atoms in total. The molecule has 0 amide bonds. The average molecular weight is 660 g/mol. The number of benzene rings is 5. The van der Waals surface area contributed by atoms with Crippen molar-refractivity contribution in [3.05, 3.63) is 177 Å². The molecular formula is C40H28Cl2O5. The second kappa shape index (κ2) is 12.1. The number of carbonyl (C=O) groups excluding carboxylic acids is 4. The summed E-state index contributed by atoms with van der Waals surface area (Å²) < 4.78 is 6.53. The van der Waals surface area contributed by atoms with Crippen LogP contribution in [0.1, 0.15) is 48.6 Å². The van der Waals surface area contributed by atoms with Crippen molar-refractivity contribution >= 4 is 46.5 Å². The van der Waals surface area contributed by atoms with Gasteiger partial charge in [0.2, 0.25) is 0 Å². The molecule has 8 rings (SSSR count). The summed E-state index contributed by atoms with van der Waals surface area (Å²) in [5.74, 6) is -5.94. The zero-order chi connectivity index (χ0) is 32.8. The largest absolute Gasteiger partial charge is 0.453 e. The zero-order valence-corrected chi connectivity index (χ0v) is 26.5. The number of Topliss-reactive ketones (excluding diaryl/α,β-unsaturated/α-hetero) is 3. The van der Waals surface area contributed by atoms with Crippen LogP contribution in [-0.2, 0) is 20.5 Å². The average Bonchev–Trinajstić information content (AvgIpc) is 3.12. The summed E-state index contributed by atoms with van der Waals surface area (Å²) in [5.41, 5.74) is -2.15. The summed E-state index contributed by atoms with van der Waals surface area (Å²) in [5, 5.41) is 0.178. The van der Waals surface area contributed by atoms with Crippen LogP contribution in [0.5, 0.6) is 0 Å². The zero-order valence-electron chi connectivity index (χ0n) is 25.0. The number of fused-ring (bicyclic) bond motifs is 3. The van der Waals surface area contributed by atoms with Gasteiger partial charge < -0.3 is 4.74 Å². The highest BCUT2D eigenvalue weighted by molar-refractivity contribution is 6.37. The van der Waals surface area contributed by atoms with E-state index in [4.69, 9.17) is 27.9 Å². The number of halogens is 2. The Bertz CT molecular complexity index is 1980. The summed E-state index contributed by atoms with van der Waals surface area (Å²) in [6.07, 6.45) is -0.0835. The maximum atomic E-state index is 15.2. The highest BCUT2D eigenvalue weighted by Gasteiger charge is 2.77. The molecule has 7 heteroatoms. The lowest BCUT2D eigenvalue weighted by molar-refractivity contribution is -0.220. The van der Waals surface area contributed by atoms with Gasteiger partial charge in [0.1, 0.15) is 11.0 Å². The van der Waals surface area contributed by atoms with Crippen LogP contribution < -0.4 is 0 Å². The van der Waals surface area contributed by atoms with E-state index in [0.717, 1.165) is 0 Å². The number of carbonyl (C=O) groups is 4. The van der Waals surface area contributed by atoms with E-state index in [9.17, 15) is 4.79 Å². The van der Waals surface area contributed by atoms with Crippen LogP contribution in [0.4, 0.5) is 0 Å². The van der Waals surface area contributed by atoms with E-state index in [0.29, 0.717) is 16.7 Å². The second-order valence-corrected chi connectivity index (χ2v) is 12.8. The van der Waals surface area contributed by atoms with Gasteiger partial charge in [-0.3, -0.25) is 19.2 Å². The van der Waals surface area contributed by atoms with Gasteiger partial charge in [-0.25, -0.2) is 0 Å². The highest BCUT2D eigenvalue weighted by Crippen LogP contribution is 2.66. The number of rotatable bonds is 8. The fourth-order valence-corrected chi connectivity index (χ4v) is 8.46. The summed E-state index contributed by atoms with van der Waals surface area (Å²) >= 11 is 13.9. The van der Waals surface area contributed by atoms with Gasteiger partial charge in [0.05, 0.1) is 11.8 Å². The smallest absolute Gasteiger partial charge is 0.319 e. The third-order valence-corrected chi connectivity index (χ3v) is 10.3. The quantitative estimate of drug-likeness (QED) is 0.123. The van der Waals surface area contributed by atoms with Crippen LogP contribution >= 0.6 is 23.2 Å². The lowest BCUT2D eigenvalue weighted by Crippen LogP contribution is -2.73. The molecule has 5 aromatic carbocycles. The Morgan fingerprint density at radius 3 is 1.47 bits per heavy atom. The molecule has 0 spiro atoms. The Morgan fingerprint density at radius 2 is 0.979 bits per heavy atom. The van der Waals surface area contributed by atoms with E-state index >= 15 is 14.4 Å². The van der Waals surface area contributed by atoms with Gasteiger partial charge in [-0.15, -0.1) is 0 Å². The molecule has 47 heavy (non-hydrogen) atoms. The van der Waals surface area contributed by atoms with Gasteiger partial charge in [-0.2, -0.15) is 0 Å². The molecule has 2 heterocycles. The maximum absolute atomic E-state index is 15.2. The van der Waals surface area contributed by atoms with Crippen LogP contribution in [0.25, 0.3) is 0 Å². The minimum atomic E-state index is -2.05. The SMILES string of the molecule is O=C(c1ccccc1)C1C[C@]2(c3ccccc3)OC(=O)[C@]1(c1c(Cl)cccc1Cl)[C@H](C(=O)c1ccccc1)[C@@H]2C(=O)c1ccccc1. The Kier molecular flexibility index (Phi) is 7.91. The summed E-state index contributed by atoms with van der Waals surface area (Å²) in [4.78, 5) is 60.2. The van der Waals surface area contributed by atoms with E-state index in [1.54, 1.807) is 133 Å². The molecule has 3 fully saturated rings. The van der Waals surface area contributed by atoms with Crippen LogP contribution in [-0.4, -0.2) is 23.3 Å². The molecule has 2 bridgehead atoms. The normalized spacial score (nSPS) is 24.7. The Morgan fingerprint density at radius 1 is 0.553 bits per heavy atom. The Labute approximate surface area is 282 Å². The van der Waals surface area contributed by atoms with E-state index in [2.05, 4.69) is 0 Å². The topological polar surface area (TPSA) is 77.5 Å². The first-order valence-electron chi connectivity index (χ1n) is 15.3. The maximum Gasteiger partial charge on any atom is 0.319 e. The third-order valence-electron chi connectivity index (χ3n) is 9.69. The van der Waals surface area contributed by atoms with Crippen LogP contribution in [0, 0.1) is 17.8 Å². The first kappa shape index (κ1) is 30.8. The van der Waals surface area contributed by atoms with E-state index in [1.165, 1.54) is 0 Å². The molecule has 5 aromatic rings. The molecule has 1 aliphatic carbocycles. The second-order valence-electron chi connectivity index (χ2n) is 12.0. The van der Waals surface area contributed by atoms with Crippen molar-refractivity contribution in [1.82, 2.24) is 0 Å². The van der Waals surface area contributed by atoms with Gasteiger partial charge >= 0.3 is 5.97 Å². The monoisotopic (exact) mass is 658 g/mol. The van der Waals surface area contributed by atoms with Gasteiger partial charge in [0.25, 0.3) is 0 Å². The van der Waals surface area contributed by atoms with Crippen LogP contribution in [0.15, 0.2) is 140 Å². The van der Waals surface area contributed by atoms with Crippen molar-refractivity contribution in [2.75, 3.05) is 0 Å². The molecule has 2 saturated heterocycles. The predicted octanol–water partition coefficient (Wildman–Crippen LogP) is 8.58. The van der Waals surface area contributed by atoms with E-state index in [1.807, 2.05) is 6.07 Å². The minimum absolute atomic E-state index is 0.0835. The van der Waals surface area contributed by atoms with Crippen LogP contribution in [0.3, 0.4) is 0 Å². The molecular weight excluding hydrogens is 631 g/mol. The van der Waals surface area contributed by atoms with Crippen molar-refractivity contribution in [2.24, 2.45) is 17.8 Å². The minimum Gasteiger partial charge on any atom is -0.453 e. The van der Waals surface area contributed by atoms with Crippen LogP contribution in [0.2, 0.25) is 10.0 Å². The van der Waals surface area contributed by atoms with Gasteiger partial charge in [-0.1, -0.05) is 151 Å². The number of esters is 1. The highest BCUT2D eigenvalue weighted by atomic mass is 35.5. The standard InChI is InChI=1S/C40H28Cl2O5/c41-30-22-13-23-31(42)32(30)40-29(35(43)25-14-5-1-6-15-25)24-39(47-38(40)46,28-20-11-4-12-21-28)33(36(44)26-16-7-2-8-17-26)34(40)37(45)27-18-9-3-10-19-27/h1-23,29,33-34H,24H2/t29?,33-,34+,39-,40-/m1/s1. The number of ether oxygens (including phenoxy) is 1.